The number of hydrogen-bond donors (Lipinski definition) is 1. The predicted octanol–water partition coefficient (Wildman–Crippen LogP) is 3.85. The predicted molar refractivity (Wildman–Crippen MR) is 78.6 cm³/mol. The molecule has 2 rings (SSSR count). The molecule has 3 heteroatoms. The molecule has 0 fully saturated rings. The van der Waals surface area contributed by atoms with Crippen molar-refractivity contribution in [3.63, 3.8) is 0 Å². The lowest BCUT2D eigenvalue weighted by Crippen LogP contribution is -2.22. The van der Waals surface area contributed by atoms with Gasteiger partial charge in [-0.2, -0.15) is 0 Å². The molecule has 0 bridgehead atoms. The van der Waals surface area contributed by atoms with Crippen molar-refractivity contribution in [3.8, 4) is 0 Å². The highest BCUT2D eigenvalue weighted by Crippen LogP contribution is 2.26. The van der Waals surface area contributed by atoms with E-state index in [9.17, 15) is 0 Å². The quantitative estimate of drug-likeness (QED) is 0.928. The number of halogens is 1. The van der Waals surface area contributed by atoms with Crippen LogP contribution in [0.2, 0.25) is 0 Å². The average molecular weight is 305 g/mol. The van der Waals surface area contributed by atoms with Gasteiger partial charge in [0.25, 0.3) is 0 Å². The zero-order valence-corrected chi connectivity index (χ0v) is 12.2. The Labute approximate surface area is 117 Å². The molecule has 0 saturated carbocycles. The van der Waals surface area contributed by atoms with Gasteiger partial charge in [-0.1, -0.05) is 35.0 Å². The van der Waals surface area contributed by atoms with Crippen molar-refractivity contribution in [1.29, 1.82) is 0 Å². The van der Waals surface area contributed by atoms with Crippen LogP contribution in [0.1, 0.15) is 29.7 Å². The van der Waals surface area contributed by atoms with E-state index in [0.29, 0.717) is 0 Å². The van der Waals surface area contributed by atoms with Crippen LogP contribution >= 0.6 is 15.9 Å². The van der Waals surface area contributed by atoms with Gasteiger partial charge < -0.3 is 5.32 Å². The summed E-state index contributed by atoms with van der Waals surface area (Å²) < 4.78 is 1.12. The zero-order chi connectivity index (χ0) is 13.0. The summed E-state index contributed by atoms with van der Waals surface area (Å²) in [5.74, 6) is 0. The molecule has 0 aliphatic heterocycles. The first-order valence-corrected chi connectivity index (χ1v) is 6.91. The van der Waals surface area contributed by atoms with Crippen LogP contribution in [0.25, 0.3) is 0 Å². The Kier molecular flexibility index (Phi) is 4.50. The molecule has 1 aromatic heterocycles. The van der Waals surface area contributed by atoms with E-state index in [0.717, 1.165) is 11.0 Å². The van der Waals surface area contributed by atoms with Crippen molar-refractivity contribution < 1.29 is 0 Å². The highest BCUT2D eigenvalue weighted by Gasteiger charge is 2.15. The molecule has 0 saturated heterocycles. The van der Waals surface area contributed by atoms with Gasteiger partial charge in [0, 0.05) is 16.9 Å². The van der Waals surface area contributed by atoms with Crippen molar-refractivity contribution in [2.24, 2.45) is 0 Å². The minimum Gasteiger partial charge on any atom is -0.306 e. The molecule has 0 spiro atoms. The van der Waals surface area contributed by atoms with Crippen LogP contribution in [-0.4, -0.2) is 11.5 Å². The number of pyridine rings is 1. The fourth-order valence-corrected chi connectivity index (χ4v) is 2.60. The lowest BCUT2D eigenvalue weighted by atomic mass is 9.96. The fraction of sp³-hybridized carbons (Fsp3) is 0.267. The van der Waals surface area contributed by atoms with Gasteiger partial charge in [-0.25, -0.2) is 0 Å². The van der Waals surface area contributed by atoms with Gasteiger partial charge in [-0.15, -0.1) is 0 Å². The maximum atomic E-state index is 4.21. The van der Waals surface area contributed by atoms with Crippen LogP contribution in [0.5, 0.6) is 0 Å². The van der Waals surface area contributed by atoms with Crippen LogP contribution in [-0.2, 0) is 0 Å². The first-order valence-electron chi connectivity index (χ1n) is 6.11. The highest BCUT2D eigenvalue weighted by molar-refractivity contribution is 9.10. The van der Waals surface area contributed by atoms with Crippen LogP contribution in [0.3, 0.4) is 0 Å². The zero-order valence-electron chi connectivity index (χ0n) is 10.7. The molecule has 1 aromatic carbocycles. The average Bonchev–Trinajstić information content (AvgIpc) is 2.38. The van der Waals surface area contributed by atoms with Gasteiger partial charge in [0.1, 0.15) is 0 Å². The second-order valence-electron chi connectivity index (χ2n) is 4.28. The van der Waals surface area contributed by atoms with E-state index in [4.69, 9.17) is 0 Å². The first kappa shape index (κ1) is 13.2. The van der Waals surface area contributed by atoms with Crippen molar-refractivity contribution in [2.45, 2.75) is 19.9 Å². The summed E-state index contributed by atoms with van der Waals surface area (Å²) in [5, 5.41) is 3.52. The number of aromatic nitrogens is 1. The van der Waals surface area contributed by atoms with E-state index in [1.54, 1.807) is 6.20 Å². The molecular formula is C15H17BrN2. The molecule has 0 aliphatic rings. The van der Waals surface area contributed by atoms with Crippen LogP contribution < -0.4 is 5.32 Å². The summed E-state index contributed by atoms with van der Waals surface area (Å²) in [6, 6.07) is 10.7. The highest BCUT2D eigenvalue weighted by atomic mass is 79.9. The monoisotopic (exact) mass is 304 g/mol. The van der Waals surface area contributed by atoms with Gasteiger partial charge in [0.05, 0.1) is 6.04 Å². The molecule has 1 atom stereocenters. The molecule has 2 nitrogen and oxygen atoms in total. The van der Waals surface area contributed by atoms with Crippen LogP contribution in [0, 0.1) is 6.92 Å². The summed E-state index contributed by atoms with van der Waals surface area (Å²) in [6.07, 6.45) is 3.73. The third-order valence-corrected chi connectivity index (χ3v) is 3.46. The van der Waals surface area contributed by atoms with Crippen LogP contribution in [0.4, 0.5) is 0 Å². The maximum Gasteiger partial charge on any atom is 0.0594 e. The Morgan fingerprint density at radius 3 is 2.78 bits per heavy atom. The van der Waals surface area contributed by atoms with E-state index < -0.39 is 0 Å². The molecule has 0 radical (unpaired) electrons. The molecule has 0 amide bonds. The van der Waals surface area contributed by atoms with Gasteiger partial charge >= 0.3 is 0 Å². The first-order chi connectivity index (χ1) is 8.72. The lowest BCUT2D eigenvalue weighted by molar-refractivity contribution is 0.625. The Bertz CT molecular complexity index is 511. The lowest BCUT2D eigenvalue weighted by Gasteiger charge is -2.20. The summed E-state index contributed by atoms with van der Waals surface area (Å²) in [4.78, 5) is 4.21. The molecule has 94 valence electrons. The number of nitrogens with zero attached hydrogens (tertiary/aromatic N) is 1. The van der Waals surface area contributed by atoms with Crippen molar-refractivity contribution in [2.75, 3.05) is 6.54 Å². The Morgan fingerprint density at radius 1 is 1.33 bits per heavy atom. The van der Waals surface area contributed by atoms with Crippen LogP contribution in [0.15, 0.2) is 47.2 Å². The Balaban J connectivity index is 2.41. The third kappa shape index (κ3) is 2.98. The van der Waals surface area contributed by atoms with E-state index in [-0.39, 0.29) is 6.04 Å². The van der Waals surface area contributed by atoms with Gasteiger partial charge in [0.15, 0.2) is 0 Å². The molecule has 0 aliphatic carbocycles. The van der Waals surface area contributed by atoms with Gasteiger partial charge in [0.2, 0.25) is 0 Å². The Hall–Kier alpha value is -1.19. The van der Waals surface area contributed by atoms with Crippen molar-refractivity contribution in [1.82, 2.24) is 10.3 Å². The number of benzene rings is 1. The standard InChI is InChI=1S/C15H17BrN2/c1-3-18-15(12-5-4-8-17-10-12)14-7-6-13(16)9-11(14)2/h4-10,15,18H,3H2,1-2H3. The summed E-state index contributed by atoms with van der Waals surface area (Å²) >= 11 is 3.51. The topological polar surface area (TPSA) is 24.9 Å². The third-order valence-electron chi connectivity index (χ3n) is 2.97. The SMILES string of the molecule is CCNC(c1cccnc1)c1ccc(Br)cc1C. The minimum atomic E-state index is 0.205. The smallest absolute Gasteiger partial charge is 0.0594 e. The summed E-state index contributed by atoms with van der Waals surface area (Å²) in [6.45, 7) is 5.19. The van der Waals surface area contributed by atoms with Gasteiger partial charge in [-0.05, 0) is 48.4 Å². The number of hydrogen-bond acceptors (Lipinski definition) is 2. The maximum absolute atomic E-state index is 4.21. The van der Waals surface area contributed by atoms with Crippen molar-refractivity contribution >= 4 is 15.9 Å². The van der Waals surface area contributed by atoms with E-state index in [1.807, 2.05) is 12.3 Å². The van der Waals surface area contributed by atoms with E-state index >= 15 is 0 Å². The Morgan fingerprint density at radius 2 is 2.17 bits per heavy atom. The normalized spacial score (nSPS) is 12.4. The summed E-state index contributed by atoms with van der Waals surface area (Å²) in [7, 11) is 0. The molecule has 18 heavy (non-hydrogen) atoms. The molecule has 1 N–H and O–H groups in total. The van der Waals surface area contributed by atoms with E-state index in [2.05, 4.69) is 64.3 Å². The number of aryl methyl sites for hydroxylation is 1. The largest absolute Gasteiger partial charge is 0.306 e. The van der Waals surface area contributed by atoms with Gasteiger partial charge in [-0.3, -0.25) is 4.98 Å². The molecule has 2 aromatic rings. The van der Waals surface area contributed by atoms with Crippen molar-refractivity contribution in [3.05, 3.63) is 63.9 Å². The molecule has 1 heterocycles. The fourth-order valence-electron chi connectivity index (χ4n) is 2.12. The second kappa shape index (κ2) is 6.12. The van der Waals surface area contributed by atoms with E-state index in [1.165, 1.54) is 16.7 Å². The number of rotatable bonds is 4. The molecular weight excluding hydrogens is 288 g/mol. The number of nitrogens with one attached hydrogen (secondary N) is 1. The minimum absolute atomic E-state index is 0.205. The molecule has 1 unspecified atom stereocenters. The second-order valence-corrected chi connectivity index (χ2v) is 5.19. The summed E-state index contributed by atoms with van der Waals surface area (Å²) in [5.41, 5.74) is 3.78.